The number of halogens is 1. The van der Waals surface area contributed by atoms with Crippen LogP contribution in [0, 0.1) is 5.82 Å². The minimum absolute atomic E-state index is 0.121. The number of rotatable bonds is 4. The molecule has 7 nitrogen and oxygen atoms in total. The average Bonchev–Trinajstić information content (AvgIpc) is 3.02. The van der Waals surface area contributed by atoms with Crippen LogP contribution in [0.25, 0.3) is 16.1 Å². The summed E-state index contributed by atoms with van der Waals surface area (Å²) >= 11 is 1.88. The van der Waals surface area contributed by atoms with Gasteiger partial charge < -0.3 is 4.90 Å². The number of hydrogen-bond acceptors (Lipinski definition) is 5. The van der Waals surface area contributed by atoms with Gasteiger partial charge in [0.15, 0.2) is 0 Å². The molecule has 3 rings (SSSR count). The van der Waals surface area contributed by atoms with Crippen LogP contribution in [-0.2, 0) is 6.54 Å². The molecule has 1 fully saturated rings. The predicted octanol–water partition coefficient (Wildman–Crippen LogP) is 2.77. The van der Waals surface area contributed by atoms with E-state index >= 15 is 0 Å². The van der Waals surface area contributed by atoms with Gasteiger partial charge in [-0.2, -0.15) is 11.8 Å². The molecule has 0 N–H and O–H groups in total. The Hall–Kier alpha value is -2.25. The third-order valence-corrected chi connectivity index (χ3v) is 4.39. The van der Waals surface area contributed by atoms with Crippen LogP contribution in [0.5, 0.6) is 0 Å². The molecule has 22 heavy (non-hydrogen) atoms. The number of nitrogens with zero attached hydrogens (tertiary/aromatic N) is 7. The molecule has 0 amide bonds. The van der Waals surface area contributed by atoms with E-state index in [1.807, 2.05) is 11.8 Å². The molecule has 1 aliphatic rings. The van der Waals surface area contributed by atoms with E-state index in [0.29, 0.717) is 17.1 Å². The summed E-state index contributed by atoms with van der Waals surface area (Å²) in [5.41, 5.74) is 10.2. The predicted molar refractivity (Wildman–Crippen MR) is 83.7 cm³/mol. The van der Waals surface area contributed by atoms with Crippen molar-refractivity contribution in [3.05, 3.63) is 46.3 Å². The molecule has 0 atom stereocenters. The van der Waals surface area contributed by atoms with E-state index in [0.717, 1.165) is 24.6 Å². The van der Waals surface area contributed by atoms with Gasteiger partial charge in [-0.05, 0) is 17.7 Å². The first-order chi connectivity index (χ1) is 10.8. The van der Waals surface area contributed by atoms with Crippen molar-refractivity contribution >= 4 is 17.4 Å². The summed E-state index contributed by atoms with van der Waals surface area (Å²) in [4.78, 5) is 4.76. The van der Waals surface area contributed by atoms with Crippen molar-refractivity contribution in [2.75, 3.05) is 29.5 Å². The highest BCUT2D eigenvalue weighted by molar-refractivity contribution is 7.99. The highest BCUT2D eigenvalue weighted by Gasteiger charge is 2.16. The van der Waals surface area contributed by atoms with Crippen molar-refractivity contribution in [3.63, 3.8) is 0 Å². The summed E-state index contributed by atoms with van der Waals surface area (Å²) in [6, 6.07) is 5.00. The second-order valence-corrected chi connectivity index (χ2v) is 5.99. The fraction of sp³-hybridized carbons (Fsp3) is 0.385. The van der Waals surface area contributed by atoms with Crippen LogP contribution in [0.15, 0.2) is 29.5 Å². The largest absolute Gasteiger partial charge is 0.368 e. The van der Waals surface area contributed by atoms with Crippen molar-refractivity contribution in [3.8, 4) is 5.69 Å². The van der Waals surface area contributed by atoms with Crippen molar-refractivity contribution in [2.24, 2.45) is 5.11 Å². The Morgan fingerprint density at radius 2 is 2.18 bits per heavy atom. The van der Waals surface area contributed by atoms with Crippen molar-refractivity contribution < 1.29 is 4.39 Å². The maximum Gasteiger partial charge on any atom is 0.148 e. The van der Waals surface area contributed by atoms with Gasteiger partial charge in [-0.15, -0.1) is 5.10 Å². The zero-order valence-electron chi connectivity index (χ0n) is 11.8. The van der Waals surface area contributed by atoms with Crippen LogP contribution in [0.4, 0.5) is 10.1 Å². The van der Waals surface area contributed by atoms with Crippen molar-refractivity contribution in [1.82, 2.24) is 15.0 Å². The van der Waals surface area contributed by atoms with E-state index in [4.69, 9.17) is 5.53 Å². The van der Waals surface area contributed by atoms with Crippen LogP contribution >= 0.6 is 11.8 Å². The maximum absolute atomic E-state index is 14.4. The van der Waals surface area contributed by atoms with E-state index in [2.05, 4.69) is 25.2 Å². The van der Waals surface area contributed by atoms with Crippen LogP contribution in [0.1, 0.15) is 5.69 Å². The van der Waals surface area contributed by atoms with Gasteiger partial charge >= 0.3 is 0 Å². The molecule has 0 radical (unpaired) electrons. The lowest BCUT2D eigenvalue weighted by atomic mass is 10.2. The lowest BCUT2D eigenvalue weighted by Crippen LogP contribution is -2.33. The summed E-state index contributed by atoms with van der Waals surface area (Å²) < 4.78 is 15.9. The Labute approximate surface area is 130 Å². The highest BCUT2D eigenvalue weighted by atomic mass is 32.2. The minimum Gasteiger partial charge on any atom is -0.368 e. The number of thioether (sulfide) groups is 1. The van der Waals surface area contributed by atoms with Crippen molar-refractivity contribution in [1.29, 1.82) is 0 Å². The molecule has 0 bridgehead atoms. The molecule has 0 aliphatic carbocycles. The average molecular weight is 319 g/mol. The molecule has 1 aromatic heterocycles. The quantitative estimate of drug-likeness (QED) is 0.493. The molecule has 1 saturated heterocycles. The Morgan fingerprint density at radius 1 is 1.36 bits per heavy atom. The van der Waals surface area contributed by atoms with Gasteiger partial charge in [0.05, 0.1) is 29.8 Å². The van der Waals surface area contributed by atoms with E-state index < -0.39 is 0 Å². The molecule has 2 aromatic rings. The van der Waals surface area contributed by atoms with E-state index in [-0.39, 0.29) is 12.4 Å². The number of benzene rings is 1. The molecule has 1 aromatic carbocycles. The summed E-state index contributed by atoms with van der Waals surface area (Å²) in [5.74, 6) is 1.75. The Morgan fingerprint density at radius 3 is 2.91 bits per heavy atom. The number of aromatic nitrogens is 3. The summed E-state index contributed by atoms with van der Waals surface area (Å²) in [6.07, 6.45) is 1.50. The van der Waals surface area contributed by atoms with Gasteiger partial charge in [-0.1, -0.05) is 10.3 Å². The summed E-state index contributed by atoms with van der Waals surface area (Å²) in [6.45, 7) is 1.83. The van der Waals surface area contributed by atoms with E-state index in [1.165, 1.54) is 16.9 Å². The lowest BCUT2D eigenvalue weighted by molar-refractivity contribution is 0.616. The molecule has 9 heteroatoms. The maximum atomic E-state index is 14.4. The zero-order chi connectivity index (χ0) is 15.4. The van der Waals surface area contributed by atoms with Gasteiger partial charge in [0.2, 0.25) is 0 Å². The summed E-state index contributed by atoms with van der Waals surface area (Å²) in [5, 5.41) is 11.2. The first-order valence-electron chi connectivity index (χ1n) is 6.82. The topological polar surface area (TPSA) is 82.7 Å². The van der Waals surface area contributed by atoms with Gasteiger partial charge in [-0.25, -0.2) is 9.07 Å². The van der Waals surface area contributed by atoms with E-state index in [9.17, 15) is 4.39 Å². The fourth-order valence-corrected chi connectivity index (χ4v) is 3.28. The molecule has 0 saturated carbocycles. The fourth-order valence-electron chi connectivity index (χ4n) is 2.37. The SMILES string of the molecule is [N-]=[N+]=NCc1cnnn1-c1ccc(N2CCSCC2)c(F)c1. The minimum atomic E-state index is -0.283. The highest BCUT2D eigenvalue weighted by Crippen LogP contribution is 2.25. The monoisotopic (exact) mass is 319 g/mol. The van der Waals surface area contributed by atoms with Crippen LogP contribution in [-0.4, -0.2) is 39.6 Å². The molecular formula is C13H14FN7S. The van der Waals surface area contributed by atoms with Crippen LogP contribution in [0.2, 0.25) is 0 Å². The number of hydrogen-bond donors (Lipinski definition) is 0. The van der Waals surface area contributed by atoms with Gasteiger partial charge in [0.25, 0.3) is 0 Å². The van der Waals surface area contributed by atoms with Gasteiger partial charge in [0, 0.05) is 35.6 Å². The zero-order valence-corrected chi connectivity index (χ0v) is 12.6. The van der Waals surface area contributed by atoms with Crippen LogP contribution in [0.3, 0.4) is 0 Å². The third-order valence-electron chi connectivity index (χ3n) is 3.44. The second kappa shape index (κ2) is 6.67. The first kappa shape index (κ1) is 14.7. The molecular weight excluding hydrogens is 305 g/mol. The molecule has 114 valence electrons. The number of azide groups is 1. The van der Waals surface area contributed by atoms with E-state index in [1.54, 1.807) is 12.1 Å². The number of anilines is 1. The molecule has 0 spiro atoms. The van der Waals surface area contributed by atoms with Crippen molar-refractivity contribution in [2.45, 2.75) is 6.54 Å². The third kappa shape index (κ3) is 3.00. The van der Waals surface area contributed by atoms with Crippen LogP contribution < -0.4 is 4.90 Å². The second-order valence-electron chi connectivity index (χ2n) is 4.76. The van der Waals surface area contributed by atoms with Gasteiger partial charge in [0.1, 0.15) is 5.82 Å². The molecule has 0 unspecified atom stereocenters. The molecule has 1 aliphatic heterocycles. The van der Waals surface area contributed by atoms with Gasteiger partial charge in [-0.3, -0.25) is 0 Å². The normalized spacial score (nSPS) is 14.7. The first-order valence-corrected chi connectivity index (χ1v) is 7.98. The standard InChI is InChI=1S/C13H14FN7S/c14-12-7-10(21-11(8-16-18-15)9-17-19-21)1-2-13(12)20-3-5-22-6-4-20/h1-2,7,9H,3-6,8H2. The Balaban J connectivity index is 1.88. The molecule has 2 heterocycles. The Bertz CT molecular complexity index is 704. The lowest BCUT2D eigenvalue weighted by Gasteiger charge is -2.28. The smallest absolute Gasteiger partial charge is 0.148 e. The Kier molecular flexibility index (Phi) is 4.45. The summed E-state index contributed by atoms with van der Waals surface area (Å²) in [7, 11) is 0.